The number of fused-ring (bicyclic) bond motifs is 2. The lowest BCUT2D eigenvalue weighted by molar-refractivity contribution is -0.134. The molecule has 3 fully saturated rings. The average molecular weight is 293 g/mol. The number of piperidine rings is 2. The SMILES string of the molecule is CC(C)CC1NC(C)C(=O)N1C1CC2CCCC(C1)N2C. The highest BCUT2D eigenvalue weighted by Gasteiger charge is 2.45. The molecule has 4 nitrogen and oxygen atoms in total. The predicted molar refractivity (Wildman–Crippen MR) is 84.9 cm³/mol. The van der Waals surface area contributed by atoms with Gasteiger partial charge in [0.05, 0.1) is 12.2 Å². The number of nitrogens with one attached hydrogen (secondary N) is 1. The van der Waals surface area contributed by atoms with Gasteiger partial charge in [0, 0.05) is 18.1 Å². The highest BCUT2D eigenvalue weighted by molar-refractivity contribution is 5.84. The largest absolute Gasteiger partial charge is 0.323 e. The van der Waals surface area contributed by atoms with Crippen molar-refractivity contribution < 1.29 is 4.79 Å². The number of nitrogens with zero attached hydrogens (tertiary/aromatic N) is 2. The second-order valence-corrected chi connectivity index (χ2v) is 7.81. The number of carbonyl (C=O) groups excluding carboxylic acids is 1. The molecule has 0 spiro atoms. The molecule has 3 aliphatic heterocycles. The Hall–Kier alpha value is -0.610. The average Bonchev–Trinajstić information content (AvgIpc) is 2.64. The summed E-state index contributed by atoms with van der Waals surface area (Å²) in [5.74, 6) is 0.946. The summed E-state index contributed by atoms with van der Waals surface area (Å²) in [5.41, 5.74) is 0. The first-order valence-corrected chi connectivity index (χ1v) is 8.77. The van der Waals surface area contributed by atoms with E-state index in [1.54, 1.807) is 0 Å². The van der Waals surface area contributed by atoms with Crippen LogP contribution >= 0.6 is 0 Å². The summed E-state index contributed by atoms with van der Waals surface area (Å²) >= 11 is 0. The predicted octanol–water partition coefficient (Wildman–Crippen LogP) is 2.19. The molecule has 0 aromatic carbocycles. The molecule has 3 heterocycles. The molecule has 0 radical (unpaired) electrons. The van der Waals surface area contributed by atoms with E-state index in [0.29, 0.717) is 30.0 Å². The van der Waals surface area contributed by atoms with Gasteiger partial charge in [-0.3, -0.25) is 10.1 Å². The van der Waals surface area contributed by atoms with Gasteiger partial charge < -0.3 is 9.80 Å². The van der Waals surface area contributed by atoms with Crippen LogP contribution in [-0.2, 0) is 4.79 Å². The Bertz CT molecular complexity index is 383. The first-order valence-electron chi connectivity index (χ1n) is 8.77. The van der Waals surface area contributed by atoms with E-state index in [-0.39, 0.29) is 12.2 Å². The summed E-state index contributed by atoms with van der Waals surface area (Å²) < 4.78 is 0. The first kappa shape index (κ1) is 15.3. The fourth-order valence-corrected chi connectivity index (χ4v) is 4.69. The molecule has 0 aromatic rings. The van der Waals surface area contributed by atoms with Gasteiger partial charge in [-0.15, -0.1) is 0 Å². The second-order valence-electron chi connectivity index (χ2n) is 7.81. The molecule has 0 aliphatic carbocycles. The van der Waals surface area contributed by atoms with Crippen LogP contribution in [0.1, 0.15) is 59.3 Å². The number of hydrogen-bond donors (Lipinski definition) is 1. The van der Waals surface area contributed by atoms with Crippen molar-refractivity contribution in [2.45, 2.75) is 89.6 Å². The lowest BCUT2D eigenvalue weighted by Gasteiger charge is -2.50. The van der Waals surface area contributed by atoms with Gasteiger partial charge >= 0.3 is 0 Å². The van der Waals surface area contributed by atoms with Crippen LogP contribution in [0.3, 0.4) is 0 Å². The molecule has 4 unspecified atom stereocenters. The highest BCUT2D eigenvalue weighted by atomic mass is 16.2. The number of carbonyl (C=O) groups is 1. The lowest BCUT2D eigenvalue weighted by atomic mass is 9.81. The van der Waals surface area contributed by atoms with Gasteiger partial charge in [0.2, 0.25) is 5.91 Å². The van der Waals surface area contributed by atoms with E-state index in [2.05, 4.69) is 36.0 Å². The summed E-state index contributed by atoms with van der Waals surface area (Å²) in [6.45, 7) is 6.51. The van der Waals surface area contributed by atoms with Gasteiger partial charge in [-0.05, 0) is 52.0 Å². The summed E-state index contributed by atoms with van der Waals surface area (Å²) in [4.78, 5) is 17.5. The fraction of sp³-hybridized carbons (Fsp3) is 0.941. The normalized spacial score (nSPS) is 41.1. The van der Waals surface area contributed by atoms with E-state index in [9.17, 15) is 4.79 Å². The van der Waals surface area contributed by atoms with Crippen LogP contribution in [0.25, 0.3) is 0 Å². The maximum atomic E-state index is 12.6. The van der Waals surface area contributed by atoms with E-state index in [0.717, 1.165) is 6.42 Å². The summed E-state index contributed by atoms with van der Waals surface area (Å²) in [5, 5.41) is 3.52. The lowest BCUT2D eigenvalue weighted by Crippen LogP contribution is -2.57. The Morgan fingerprint density at radius 2 is 1.81 bits per heavy atom. The molecule has 1 amide bonds. The van der Waals surface area contributed by atoms with E-state index < -0.39 is 0 Å². The van der Waals surface area contributed by atoms with Crippen LogP contribution in [0.15, 0.2) is 0 Å². The van der Waals surface area contributed by atoms with E-state index in [1.165, 1.54) is 32.1 Å². The van der Waals surface area contributed by atoms with Crippen LogP contribution < -0.4 is 5.32 Å². The maximum Gasteiger partial charge on any atom is 0.240 e. The minimum atomic E-state index is -0.00625. The van der Waals surface area contributed by atoms with Crippen LogP contribution in [0.2, 0.25) is 0 Å². The molecule has 1 N–H and O–H groups in total. The Kier molecular flexibility index (Phi) is 4.28. The highest BCUT2D eigenvalue weighted by Crippen LogP contribution is 2.36. The number of hydrogen-bond acceptors (Lipinski definition) is 3. The van der Waals surface area contributed by atoms with Crippen molar-refractivity contribution in [1.82, 2.24) is 15.1 Å². The third-order valence-electron chi connectivity index (χ3n) is 5.81. The second kappa shape index (κ2) is 5.88. The summed E-state index contributed by atoms with van der Waals surface area (Å²) in [7, 11) is 2.28. The van der Waals surface area contributed by atoms with Crippen molar-refractivity contribution in [3.63, 3.8) is 0 Å². The van der Waals surface area contributed by atoms with Crippen molar-refractivity contribution in [2.24, 2.45) is 5.92 Å². The van der Waals surface area contributed by atoms with Crippen molar-refractivity contribution in [3.05, 3.63) is 0 Å². The maximum absolute atomic E-state index is 12.6. The minimum Gasteiger partial charge on any atom is -0.323 e. The smallest absolute Gasteiger partial charge is 0.240 e. The molecule has 2 bridgehead atoms. The Balaban J connectivity index is 1.76. The van der Waals surface area contributed by atoms with Gasteiger partial charge in [-0.25, -0.2) is 0 Å². The zero-order valence-electron chi connectivity index (χ0n) is 14.0. The Morgan fingerprint density at radius 3 is 2.38 bits per heavy atom. The van der Waals surface area contributed by atoms with Crippen molar-refractivity contribution in [3.8, 4) is 0 Å². The number of amides is 1. The molecular weight excluding hydrogens is 262 g/mol. The molecule has 3 rings (SSSR count). The molecule has 4 atom stereocenters. The third kappa shape index (κ3) is 2.85. The topological polar surface area (TPSA) is 35.6 Å². The van der Waals surface area contributed by atoms with Gasteiger partial charge in [-0.2, -0.15) is 0 Å². The molecule has 120 valence electrons. The molecular formula is C17H31N3O. The number of rotatable bonds is 3. The first-order chi connectivity index (χ1) is 9.97. The van der Waals surface area contributed by atoms with E-state index in [1.807, 2.05) is 6.92 Å². The molecule has 0 aromatic heterocycles. The fourth-order valence-electron chi connectivity index (χ4n) is 4.69. The molecule has 0 saturated carbocycles. The third-order valence-corrected chi connectivity index (χ3v) is 5.81. The van der Waals surface area contributed by atoms with Crippen molar-refractivity contribution in [2.75, 3.05) is 7.05 Å². The summed E-state index contributed by atoms with van der Waals surface area (Å²) in [6, 6.07) is 1.82. The Morgan fingerprint density at radius 1 is 1.19 bits per heavy atom. The standard InChI is InChI=1S/C17H31N3O/c1-11(2)8-16-18-12(3)17(21)20(16)15-9-13-6-5-7-14(10-15)19(13)4/h11-16,18H,5-10H2,1-4H3. The van der Waals surface area contributed by atoms with Crippen molar-refractivity contribution in [1.29, 1.82) is 0 Å². The molecule has 3 saturated heterocycles. The quantitative estimate of drug-likeness (QED) is 0.866. The van der Waals surface area contributed by atoms with Crippen LogP contribution in [0, 0.1) is 5.92 Å². The van der Waals surface area contributed by atoms with Crippen LogP contribution in [-0.4, -0.2) is 53.1 Å². The van der Waals surface area contributed by atoms with E-state index in [4.69, 9.17) is 0 Å². The zero-order valence-corrected chi connectivity index (χ0v) is 14.0. The van der Waals surface area contributed by atoms with Crippen LogP contribution in [0.5, 0.6) is 0 Å². The minimum absolute atomic E-state index is 0.00625. The molecule has 21 heavy (non-hydrogen) atoms. The molecule has 4 heteroatoms. The van der Waals surface area contributed by atoms with Gasteiger partial charge in [0.15, 0.2) is 0 Å². The Labute approximate surface area is 129 Å². The monoisotopic (exact) mass is 293 g/mol. The van der Waals surface area contributed by atoms with Gasteiger partial charge in [0.1, 0.15) is 0 Å². The molecule has 3 aliphatic rings. The van der Waals surface area contributed by atoms with Crippen molar-refractivity contribution >= 4 is 5.91 Å². The van der Waals surface area contributed by atoms with Crippen LogP contribution in [0.4, 0.5) is 0 Å². The summed E-state index contributed by atoms with van der Waals surface area (Å²) in [6.07, 6.45) is 7.64. The van der Waals surface area contributed by atoms with E-state index >= 15 is 0 Å². The van der Waals surface area contributed by atoms with Gasteiger partial charge in [0.25, 0.3) is 0 Å². The zero-order chi connectivity index (χ0) is 15.1. The van der Waals surface area contributed by atoms with Gasteiger partial charge in [-0.1, -0.05) is 20.3 Å².